The molecule has 0 aliphatic heterocycles. The molecule has 1 N–H and O–H groups in total. The third kappa shape index (κ3) is 3.03. The summed E-state index contributed by atoms with van der Waals surface area (Å²) in [6, 6.07) is 9.96. The number of aryl methyl sites for hydroxylation is 1. The van der Waals surface area contributed by atoms with Crippen LogP contribution in [-0.4, -0.2) is 24.8 Å². The molecule has 0 aliphatic rings. The van der Waals surface area contributed by atoms with Crippen LogP contribution in [-0.2, 0) is 17.8 Å². The van der Waals surface area contributed by atoms with Gasteiger partial charge in [-0.1, -0.05) is 18.2 Å². The normalized spacial score (nSPS) is 11.1. The molecule has 1 aromatic carbocycles. The smallest absolute Gasteiger partial charge is 0.255 e. The van der Waals surface area contributed by atoms with E-state index in [9.17, 15) is 4.79 Å². The molecule has 0 amide bonds. The maximum atomic E-state index is 12.4. The van der Waals surface area contributed by atoms with Crippen molar-refractivity contribution in [1.82, 2.24) is 9.88 Å². The number of nitrogens with one attached hydrogen (secondary N) is 1. The summed E-state index contributed by atoms with van der Waals surface area (Å²) in [5, 5.41) is 4.33. The number of benzene rings is 1. The van der Waals surface area contributed by atoms with Crippen molar-refractivity contribution in [1.29, 1.82) is 0 Å². The van der Waals surface area contributed by atoms with Crippen LogP contribution < -0.4 is 10.9 Å². The van der Waals surface area contributed by atoms with Crippen LogP contribution in [0.1, 0.15) is 12.5 Å². The summed E-state index contributed by atoms with van der Waals surface area (Å²) < 4.78 is 6.80. The van der Waals surface area contributed by atoms with E-state index in [0.29, 0.717) is 19.7 Å². The van der Waals surface area contributed by atoms with Crippen molar-refractivity contribution in [3.63, 3.8) is 0 Å². The number of pyridine rings is 1. The van der Waals surface area contributed by atoms with Gasteiger partial charge in [0, 0.05) is 32.3 Å². The van der Waals surface area contributed by atoms with Gasteiger partial charge in [0.2, 0.25) is 0 Å². The second kappa shape index (κ2) is 6.50. The lowest BCUT2D eigenvalue weighted by Crippen LogP contribution is -2.28. The number of hydrogen-bond donors (Lipinski definition) is 1. The summed E-state index contributed by atoms with van der Waals surface area (Å²) in [6.45, 7) is 4.65. The zero-order valence-corrected chi connectivity index (χ0v) is 11.5. The predicted molar refractivity (Wildman–Crippen MR) is 77.5 cm³/mol. The van der Waals surface area contributed by atoms with Crippen LogP contribution in [0, 0.1) is 0 Å². The lowest BCUT2D eigenvalue weighted by atomic mass is 10.1. The molecule has 0 unspecified atom stereocenters. The summed E-state index contributed by atoms with van der Waals surface area (Å²) in [4.78, 5) is 12.4. The molecular weight excluding hydrogens is 240 g/mol. The molecule has 1 aromatic heterocycles. The second-order valence-electron chi connectivity index (χ2n) is 4.45. The molecular formula is C15H20N2O2. The number of rotatable bonds is 6. The van der Waals surface area contributed by atoms with Gasteiger partial charge in [0.1, 0.15) is 0 Å². The predicted octanol–water partition coefficient (Wildman–Crippen LogP) is 1.76. The number of nitrogens with zero attached hydrogens (tertiary/aromatic N) is 1. The maximum Gasteiger partial charge on any atom is 0.255 e. The number of ether oxygens (including phenoxy) is 1. The number of aromatic nitrogens is 1. The lowest BCUT2D eigenvalue weighted by Gasteiger charge is -2.11. The Balaban J connectivity index is 2.34. The minimum atomic E-state index is 0.0890. The van der Waals surface area contributed by atoms with Crippen LogP contribution in [0.2, 0.25) is 0 Å². The summed E-state index contributed by atoms with van der Waals surface area (Å²) in [7, 11) is 1.67. The molecule has 102 valence electrons. The Labute approximate surface area is 113 Å². The molecule has 4 nitrogen and oxygen atoms in total. The summed E-state index contributed by atoms with van der Waals surface area (Å²) in [5.74, 6) is 0. The van der Waals surface area contributed by atoms with Crippen molar-refractivity contribution in [3.05, 3.63) is 46.2 Å². The lowest BCUT2D eigenvalue weighted by molar-refractivity contribution is 0.199. The maximum absolute atomic E-state index is 12.4. The van der Waals surface area contributed by atoms with E-state index in [0.717, 1.165) is 23.0 Å². The van der Waals surface area contributed by atoms with Crippen LogP contribution in [0.3, 0.4) is 0 Å². The van der Waals surface area contributed by atoms with Gasteiger partial charge in [0.25, 0.3) is 5.56 Å². The van der Waals surface area contributed by atoms with Gasteiger partial charge in [0.05, 0.1) is 12.1 Å². The third-order valence-electron chi connectivity index (χ3n) is 3.19. The first-order chi connectivity index (χ1) is 9.27. The van der Waals surface area contributed by atoms with Crippen molar-refractivity contribution < 1.29 is 4.74 Å². The van der Waals surface area contributed by atoms with E-state index in [1.54, 1.807) is 7.11 Å². The van der Waals surface area contributed by atoms with Crippen molar-refractivity contribution in [2.75, 3.05) is 20.3 Å². The largest absolute Gasteiger partial charge is 0.383 e. The highest BCUT2D eigenvalue weighted by atomic mass is 16.5. The molecule has 4 heteroatoms. The topological polar surface area (TPSA) is 43.3 Å². The zero-order valence-electron chi connectivity index (χ0n) is 11.5. The SMILES string of the molecule is CCn1c(=O)c(CNCCOC)cc2ccccc21. The Morgan fingerprint density at radius 1 is 1.32 bits per heavy atom. The van der Waals surface area contributed by atoms with E-state index in [2.05, 4.69) is 5.32 Å². The third-order valence-corrected chi connectivity index (χ3v) is 3.19. The Bertz CT molecular complexity index is 605. The van der Waals surface area contributed by atoms with Crippen LogP contribution >= 0.6 is 0 Å². The first kappa shape index (κ1) is 13.8. The van der Waals surface area contributed by atoms with E-state index in [1.165, 1.54) is 0 Å². The van der Waals surface area contributed by atoms with Gasteiger partial charge in [-0.15, -0.1) is 0 Å². The van der Waals surface area contributed by atoms with E-state index >= 15 is 0 Å². The minimum Gasteiger partial charge on any atom is -0.383 e. The van der Waals surface area contributed by atoms with Gasteiger partial charge in [-0.3, -0.25) is 4.79 Å². The fourth-order valence-electron chi connectivity index (χ4n) is 2.23. The summed E-state index contributed by atoms with van der Waals surface area (Å²) in [5.41, 5.74) is 1.89. The van der Waals surface area contributed by atoms with E-state index in [4.69, 9.17) is 4.74 Å². The summed E-state index contributed by atoms with van der Waals surface area (Å²) >= 11 is 0. The van der Waals surface area contributed by atoms with Gasteiger partial charge in [0.15, 0.2) is 0 Å². The van der Waals surface area contributed by atoms with Crippen molar-refractivity contribution in [2.24, 2.45) is 0 Å². The second-order valence-corrected chi connectivity index (χ2v) is 4.45. The average Bonchev–Trinajstić information content (AvgIpc) is 2.44. The Morgan fingerprint density at radius 2 is 2.11 bits per heavy atom. The van der Waals surface area contributed by atoms with Gasteiger partial charge < -0.3 is 14.6 Å². The molecule has 2 rings (SSSR count). The van der Waals surface area contributed by atoms with Crippen molar-refractivity contribution >= 4 is 10.9 Å². The van der Waals surface area contributed by atoms with E-state index in [1.807, 2.05) is 41.8 Å². The van der Waals surface area contributed by atoms with E-state index < -0.39 is 0 Å². The van der Waals surface area contributed by atoms with Gasteiger partial charge in [-0.2, -0.15) is 0 Å². The molecule has 2 aromatic rings. The summed E-state index contributed by atoms with van der Waals surface area (Å²) in [6.07, 6.45) is 0. The number of para-hydroxylation sites is 1. The highest BCUT2D eigenvalue weighted by Gasteiger charge is 2.07. The van der Waals surface area contributed by atoms with Gasteiger partial charge in [-0.25, -0.2) is 0 Å². The first-order valence-corrected chi connectivity index (χ1v) is 6.59. The van der Waals surface area contributed by atoms with Crippen LogP contribution in [0.4, 0.5) is 0 Å². The number of methoxy groups -OCH3 is 1. The molecule has 19 heavy (non-hydrogen) atoms. The van der Waals surface area contributed by atoms with Crippen LogP contribution in [0.15, 0.2) is 35.1 Å². The van der Waals surface area contributed by atoms with Crippen LogP contribution in [0.25, 0.3) is 10.9 Å². The standard InChI is InChI=1S/C15H20N2O2/c1-3-17-14-7-5-4-6-12(14)10-13(15(17)18)11-16-8-9-19-2/h4-7,10,16H,3,8-9,11H2,1-2H3. The Hall–Kier alpha value is -1.65. The molecule has 0 fully saturated rings. The highest BCUT2D eigenvalue weighted by Crippen LogP contribution is 2.13. The molecule has 0 saturated carbocycles. The minimum absolute atomic E-state index is 0.0890. The van der Waals surface area contributed by atoms with Gasteiger partial charge in [-0.05, 0) is 24.4 Å². The molecule has 0 atom stereocenters. The monoisotopic (exact) mass is 260 g/mol. The first-order valence-electron chi connectivity index (χ1n) is 6.59. The van der Waals surface area contributed by atoms with Crippen molar-refractivity contribution in [2.45, 2.75) is 20.0 Å². The van der Waals surface area contributed by atoms with Crippen LogP contribution in [0.5, 0.6) is 0 Å². The molecule has 1 heterocycles. The highest BCUT2D eigenvalue weighted by molar-refractivity contribution is 5.79. The average molecular weight is 260 g/mol. The molecule has 0 spiro atoms. The molecule has 0 bridgehead atoms. The molecule has 0 radical (unpaired) electrons. The quantitative estimate of drug-likeness (QED) is 0.805. The Morgan fingerprint density at radius 3 is 2.84 bits per heavy atom. The number of hydrogen-bond acceptors (Lipinski definition) is 3. The van der Waals surface area contributed by atoms with E-state index in [-0.39, 0.29) is 5.56 Å². The zero-order chi connectivity index (χ0) is 13.7. The fraction of sp³-hybridized carbons (Fsp3) is 0.400. The number of fused-ring (bicyclic) bond motifs is 1. The van der Waals surface area contributed by atoms with Gasteiger partial charge >= 0.3 is 0 Å². The van der Waals surface area contributed by atoms with Crippen molar-refractivity contribution in [3.8, 4) is 0 Å². The Kier molecular flexibility index (Phi) is 4.71. The molecule has 0 aliphatic carbocycles. The fourth-order valence-corrected chi connectivity index (χ4v) is 2.23. The molecule has 0 saturated heterocycles.